The average molecular weight is 279 g/mol. The van der Waals surface area contributed by atoms with E-state index in [9.17, 15) is 0 Å². The van der Waals surface area contributed by atoms with Gasteiger partial charge in [-0.3, -0.25) is 0 Å². The molecule has 2 fully saturated rings. The summed E-state index contributed by atoms with van der Waals surface area (Å²) in [7, 11) is 0. The smallest absolute Gasteiger partial charge is 0.0409 e. The predicted molar refractivity (Wildman–Crippen MR) is 80.6 cm³/mol. The van der Waals surface area contributed by atoms with Crippen LogP contribution in [0.25, 0.3) is 0 Å². The van der Waals surface area contributed by atoms with Crippen molar-refractivity contribution in [2.75, 3.05) is 19.6 Å². The van der Waals surface area contributed by atoms with Gasteiger partial charge in [-0.1, -0.05) is 30.7 Å². The first-order chi connectivity index (χ1) is 9.26. The zero-order valence-corrected chi connectivity index (χ0v) is 12.4. The van der Waals surface area contributed by atoms with E-state index in [-0.39, 0.29) is 0 Å². The van der Waals surface area contributed by atoms with Crippen LogP contribution < -0.4 is 5.32 Å². The van der Waals surface area contributed by atoms with E-state index in [0.717, 1.165) is 17.4 Å². The lowest BCUT2D eigenvalue weighted by atomic mass is 9.92. The third kappa shape index (κ3) is 2.96. The van der Waals surface area contributed by atoms with Gasteiger partial charge < -0.3 is 10.2 Å². The molecule has 1 N–H and O–H groups in total. The van der Waals surface area contributed by atoms with E-state index in [2.05, 4.69) is 35.3 Å². The lowest BCUT2D eigenvalue weighted by Crippen LogP contribution is -2.45. The van der Waals surface area contributed by atoms with Crippen molar-refractivity contribution in [3.63, 3.8) is 0 Å². The Morgan fingerprint density at radius 1 is 1.37 bits per heavy atom. The van der Waals surface area contributed by atoms with Gasteiger partial charge in [0.1, 0.15) is 0 Å². The molecule has 0 aliphatic carbocycles. The van der Waals surface area contributed by atoms with E-state index in [4.69, 9.17) is 11.6 Å². The molecule has 0 spiro atoms. The van der Waals surface area contributed by atoms with Gasteiger partial charge in [0.15, 0.2) is 0 Å². The minimum Gasteiger partial charge on any atom is -0.307 e. The van der Waals surface area contributed by atoms with Crippen molar-refractivity contribution in [3.05, 3.63) is 34.9 Å². The summed E-state index contributed by atoms with van der Waals surface area (Å²) in [4.78, 5) is 2.60. The van der Waals surface area contributed by atoms with Crippen LogP contribution in [0.15, 0.2) is 24.3 Å². The number of fused-ring (bicyclic) bond motifs is 2. The van der Waals surface area contributed by atoms with Gasteiger partial charge in [-0.05, 0) is 56.0 Å². The second kappa shape index (κ2) is 5.82. The van der Waals surface area contributed by atoms with Crippen LogP contribution in [0.4, 0.5) is 0 Å². The Balaban J connectivity index is 1.69. The Hall–Kier alpha value is -0.570. The minimum atomic E-state index is 0.441. The van der Waals surface area contributed by atoms with E-state index in [1.54, 1.807) is 0 Å². The first-order valence-corrected chi connectivity index (χ1v) is 7.88. The molecule has 4 atom stereocenters. The number of nitrogens with zero attached hydrogens (tertiary/aromatic N) is 1. The third-order valence-corrected chi connectivity index (χ3v) is 4.94. The molecule has 2 nitrogen and oxygen atoms in total. The normalized spacial score (nSPS) is 31.4. The first kappa shape index (κ1) is 13.4. The largest absolute Gasteiger partial charge is 0.307 e. The number of hydrogen-bond donors (Lipinski definition) is 1. The monoisotopic (exact) mass is 278 g/mol. The maximum absolute atomic E-state index is 6.12. The molecule has 104 valence electrons. The average Bonchev–Trinajstić information content (AvgIpc) is 2.81. The summed E-state index contributed by atoms with van der Waals surface area (Å²) in [6, 6.07) is 9.43. The Bertz CT molecular complexity index is 435. The van der Waals surface area contributed by atoms with E-state index in [1.165, 1.54) is 38.0 Å². The molecule has 2 aliphatic rings. The lowest BCUT2D eigenvalue weighted by molar-refractivity contribution is 0.208. The van der Waals surface area contributed by atoms with Crippen LogP contribution >= 0.6 is 11.6 Å². The van der Waals surface area contributed by atoms with E-state index in [0.29, 0.717) is 12.1 Å². The fourth-order valence-electron chi connectivity index (χ4n) is 3.60. The van der Waals surface area contributed by atoms with Gasteiger partial charge in [-0.2, -0.15) is 0 Å². The summed E-state index contributed by atoms with van der Waals surface area (Å²) < 4.78 is 0. The van der Waals surface area contributed by atoms with Gasteiger partial charge in [-0.25, -0.2) is 0 Å². The number of nitrogens with one attached hydrogen (secondary N) is 1. The molecule has 0 saturated carbocycles. The van der Waals surface area contributed by atoms with Crippen LogP contribution in [0, 0.1) is 5.92 Å². The van der Waals surface area contributed by atoms with Crippen LogP contribution in [0.2, 0.25) is 5.02 Å². The third-order valence-electron chi connectivity index (χ3n) is 4.71. The number of benzene rings is 1. The van der Waals surface area contributed by atoms with Crippen molar-refractivity contribution in [1.29, 1.82) is 0 Å². The molecule has 2 saturated heterocycles. The topological polar surface area (TPSA) is 15.3 Å². The second-order valence-corrected chi connectivity index (χ2v) is 6.36. The fourth-order valence-corrected chi connectivity index (χ4v) is 3.80. The van der Waals surface area contributed by atoms with Crippen molar-refractivity contribution < 1.29 is 0 Å². The summed E-state index contributed by atoms with van der Waals surface area (Å²) in [6.07, 6.45) is 3.78. The maximum Gasteiger partial charge on any atom is 0.0409 e. The van der Waals surface area contributed by atoms with E-state index in [1.807, 2.05) is 6.07 Å². The molecular formula is C16H23ClN2. The first-order valence-electron chi connectivity index (χ1n) is 7.50. The van der Waals surface area contributed by atoms with Crippen molar-refractivity contribution >= 4 is 11.6 Å². The van der Waals surface area contributed by atoms with E-state index >= 15 is 0 Å². The molecule has 0 aromatic heterocycles. The highest BCUT2D eigenvalue weighted by Crippen LogP contribution is 2.30. The summed E-state index contributed by atoms with van der Waals surface area (Å²) in [6.45, 7) is 6.11. The van der Waals surface area contributed by atoms with E-state index < -0.39 is 0 Å². The Labute approximate surface area is 121 Å². The number of piperidine rings is 1. The summed E-state index contributed by atoms with van der Waals surface area (Å²) >= 11 is 6.12. The second-order valence-electron chi connectivity index (χ2n) is 5.93. The SMILES string of the molecule is CCC(NC1CCN2CCC1C2)c1cccc(Cl)c1. The van der Waals surface area contributed by atoms with Gasteiger partial charge in [-0.15, -0.1) is 0 Å². The Kier molecular flexibility index (Phi) is 4.11. The molecule has 4 unspecified atom stereocenters. The van der Waals surface area contributed by atoms with Gasteiger partial charge in [0.2, 0.25) is 0 Å². The van der Waals surface area contributed by atoms with Crippen LogP contribution in [0.1, 0.15) is 37.8 Å². The highest BCUT2D eigenvalue weighted by molar-refractivity contribution is 6.30. The number of hydrogen-bond acceptors (Lipinski definition) is 2. The lowest BCUT2D eigenvalue weighted by Gasteiger charge is -2.34. The van der Waals surface area contributed by atoms with Crippen LogP contribution in [0.5, 0.6) is 0 Å². The quantitative estimate of drug-likeness (QED) is 0.907. The molecule has 0 amide bonds. The Morgan fingerprint density at radius 2 is 2.21 bits per heavy atom. The highest BCUT2D eigenvalue weighted by Gasteiger charge is 2.34. The molecule has 2 heterocycles. The van der Waals surface area contributed by atoms with Crippen molar-refractivity contribution in [2.45, 2.75) is 38.3 Å². The zero-order valence-electron chi connectivity index (χ0n) is 11.6. The van der Waals surface area contributed by atoms with Gasteiger partial charge in [0.25, 0.3) is 0 Å². The van der Waals surface area contributed by atoms with Gasteiger partial charge >= 0.3 is 0 Å². The maximum atomic E-state index is 6.12. The van der Waals surface area contributed by atoms with Gasteiger partial charge in [0, 0.05) is 23.7 Å². The summed E-state index contributed by atoms with van der Waals surface area (Å²) in [5.41, 5.74) is 1.33. The number of halogens is 1. The molecule has 1 aromatic carbocycles. The van der Waals surface area contributed by atoms with Crippen LogP contribution in [-0.4, -0.2) is 30.6 Å². The standard InChI is InChI=1S/C16H23ClN2/c1-2-15(12-4-3-5-14(17)10-12)18-16-7-9-19-8-6-13(16)11-19/h3-5,10,13,15-16,18H,2,6-9,11H2,1H3. The van der Waals surface area contributed by atoms with Crippen LogP contribution in [0.3, 0.4) is 0 Å². The highest BCUT2D eigenvalue weighted by atomic mass is 35.5. The number of rotatable bonds is 4. The van der Waals surface area contributed by atoms with Gasteiger partial charge in [0.05, 0.1) is 0 Å². The fraction of sp³-hybridized carbons (Fsp3) is 0.625. The molecule has 19 heavy (non-hydrogen) atoms. The summed E-state index contributed by atoms with van der Waals surface area (Å²) in [5, 5.41) is 4.73. The Morgan fingerprint density at radius 3 is 3.00 bits per heavy atom. The van der Waals surface area contributed by atoms with Crippen molar-refractivity contribution in [2.24, 2.45) is 5.92 Å². The molecule has 1 aromatic rings. The molecular weight excluding hydrogens is 256 g/mol. The van der Waals surface area contributed by atoms with Crippen molar-refractivity contribution in [3.8, 4) is 0 Å². The summed E-state index contributed by atoms with van der Waals surface area (Å²) in [5.74, 6) is 0.849. The molecule has 2 bridgehead atoms. The molecule has 2 aliphatic heterocycles. The zero-order chi connectivity index (χ0) is 13.2. The minimum absolute atomic E-state index is 0.441. The predicted octanol–water partition coefficient (Wildman–Crippen LogP) is 3.47. The van der Waals surface area contributed by atoms with Crippen LogP contribution in [-0.2, 0) is 0 Å². The van der Waals surface area contributed by atoms with Crippen molar-refractivity contribution in [1.82, 2.24) is 10.2 Å². The molecule has 0 radical (unpaired) electrons. The molecule has 3 heteroatoms. The molecule has 3 rings (SSSR count).